The zero-order valence-corrected chi connectivity index (χ0v) is 16.0. The second kappa shape index (κ2) is 6.83. The molecule has 0 saturated carbocycles. The summed E-state index contributed by atoms with van der Waals surface area (Å²) in [6.45, 7) is 4.82. The third kappa shape index (κ3) is 3.13. The highest BCUT2D eigenvalue weighted by Crippen LogP contribution is 2.34. The fraction of sp³-hybridized carbons (Fsp3) is 0.227. The van der Waals surface area contributed by atoms with Crippen molar-refractivity contribution in [1.29, 1.82) is 0 Å². The summed E-state index contributed by atoms with van der Waals surface area (Å²) in [4.78, 5) is 7.36. The summed E-state index contributed by atoms with van der Waals surface area (Å²) in [6, 6.07) is 19.4. The number of nitrogens with zero attached hydrogens (tertiary/aromatic N) is 3. The van der Waals surface area contributed by atoms with Crippen LogP contribution in [0.3, 0.4) is 0 Å². The van der Waals surface area contributed by atoms with Gasteiger partial charge in [-0.3, -0.25) is 4.90 Å². The number of rotatable bonds is 4. The van der Waals surface area contributed by atoms with Gasteiger partial charge in [0.15, 0.2) is 10.8 Å². The van der Waals surface area contributed by atoms with E-state index in [0.29, 0.717) is 0 Å². The predicted molar refractivity (Wildman–Crippen MR) is 108 cm³/mol. The SMILES string of the molecule is Cc1ccc(-c2nc(CN3CCn4cccc4C3c3ccccc3)cs2)o1. The van der Waals surface area contributed by atoms with Gasteiger partial charge >= 0.3 is 0 Å². The van der Waals surface area contributed by atoms with Crippen molar-refractivity contribution in [3.05, 3.63) is 88.9 Å². The van der Waals surface area contributed by atoms with Gasteiger partial charge in [-0.2, -0.15) is 0 Å². The van der Waals surface area contributed by atoms with Crippen molar-refractivity contribution in [1.82, 2.24) is 14.5 Å². The van der Waals surface area contributed by atoms with Gasteiger partial charge in [0, 0.05) is 36.9 Å². The van der Waals surface area contributed by atoms with Crippen LogP contribution in [-0.2, 0) is 13.1 Å². The lowest BCUT2D eigenvalue weighted by molar-refractivity contribution is 0.173. The number of aryl methyl sites for hydroxylation is 1. The molecule has 4 heterocycles. The van der Waals surface area contributed by atoms with Crippen LogP contribution >= 0.6 is 11.3 Å². The number of hydrogen-bond donors (Lipinski definition) is 0. The first-order valence-electron chi connectivity index (χ1n) is 9.23. The second-order valence-electron chi connectivity index (χ2n) is 6.96. The van der Waals surface area contributed by atoms with Crippen molar-refractivity contribution >= 4 is 11.3 Å². The van der Waals surface area contributed by atoms with Crippen molar-refractivity contribution in [3.63, 3.8) is 0 Å². The topological polar surface area (TPSA) is 34.2 Å². The Hall–Kier alpha value is -2.63. The van der Waals surface area contributed by atoms with Gasteiger partial charge in [-0.25, -0.2) is 4.98 Å². The van der Waals surface area contributed by atoms with Crippen LogP contribution in [0.25, 0.3) is 10.8 Å². The molecule has 4 nitrogen and oxygen atoms in total. The summed E-state index contributed by atoms with van der Waals surface area (Å²) in [7, 11) is 0. The van der Waals surface area contributed by atoms with Crippen molar-refractivity contribution < 1.29 is 4.42 Å². The van der Waals surface area contributed by atoms with Gasteiger partial charge in [-0.1, -0.05) is 30.3 Å². The quantitative estimate of drug-likeness (QED) is 0.497. The number of fused-ring (bicyclic) bond motifs is 1. The maximum Gasteiger partial charge on any atom is 0.162 e. The summed E-state index contributed by atoms with van der Waals surface area (Å²) in [5, 5.41) is 3.11. The Kier molecular flexibility index (Phi) is 4.19. The van der Waals surface area contributed by atoms with E-state index in [4.69, 9.17) is 9.40 Å². The molecular weight excluding hydrogens is 354 g/mol. The highest BCUT2D eigenvalue weighted by molar-refractivity contribution is 7.13. The maximum atomic E-state index is 5.73. The summed E-state index contributed by atoms with van der Waals surface area (Å²) in [6.07, 6.45) is 2.18. The van der Waals surface area contributed by atoms with Gasteiger partial charge in [0.05, 0.1) is 11.7 Å². The van der Waals surface area contributed by atoms with Crippen LogP contribution in [-0.4, -0.2) is 21.0 Å². The first kappa shape index (κ1) is 16.5. The molecule has 0 radical (unpaired) electrons. The third-order valence-corrected chi connectivity index (χ3v) is 6.03. The van der Waals surface area contributed by atoms with Gasteiger partial charge in [0.2, 0.25) is 0 Å². The fourth-order valence-electron chi connectivity index (χ4n) is 3.87. The number of hydrogen-bond acceptors (Lipinski definition) is 4. The lowest BCUT2D eigenvalue weighted by Gasteiger charge is -2.37. The van der Waals surface area contributed by atoms with E-state index in [2.05, 4.69) is 63.5 Å². The number of furan rings is 1. The van der Waals surface area contributed by atoms with Crippen LogP contribution < -0.4 is 0 Å². The van der Waals surface area contributed by atoms with Gasteiger partial charge in [-0.05, 0) is 36.8 Å². The summed E-state index contributed by atoms with van der Waals surface area (Å²) in [5.41, 5.74) is 3.78. The van der Waals surface area contributed by atoms with E-state index < -0.39 is 0 Å². The lowest BCUT2D eigenvalue weighted by atomic mass is 10.00. The van der Waals surface area contributed by atoms with Crippen LogP contribution in [0.4, 0.5) is 0 Å². The second-order valence-corrected chi connectivity index (χ2v) is 7.82. The number of aromatic nitrogens is 2. The van der Waals surface area contributed by atoms with E-state index in [1.54, 1.807) is 11.3 Å². The first-order chi connectivity index (χ1) is 13.3. The average molecular weight is 375 g/mol. The van der Waals surface area contributed by atoms with Gasteiger partial charge in [-0.15, -0.1) is 11.3 Å². The molecule has 0 spiro atoms. The van der Waals surface area contributed by atoms with Crippen LogP contribution in [0.1, 0.15) is 28.8 Å². The molecule has 136 valence electrons. The van der Waals surface area contributed by atoms with Crippen LogP contribution in [0.2, 0.25) is 0 Å². The van der Waals surface area contributed by atoms with Crippen molar-refractivity contribution in [2.45, 2.75) is 26.1 Å². The molecule has 1 aliphatic heterocycles. The Bertz CT molecular complexity index is 1050. The molecular formula is C22H21N3OS. The van der Waals surface area contributed by atoms with Crippen LogP contribution in [0.5, 0.6) is 0 Å². The van der Waals surface area contributed by atoms with Crippen molar-refractivity contribution in [2.75, 3.05) is 6.54 Å². The lowest BCUT2D eigenvalue weighted by Crippen LogP contribution is -2.38. The Morgan fingerprint density at radius 3 is 2.78 bits per heavy atom. The van der Waals surface area contributed by atoms with E-state index in [1.165, 1.54) is 11.3 Å². The molecule has 0 amide bonds. The van der Waals surface area contributed by atoms with Crippen LogP contribution in [0, 0.1) is 6.92 Å². The molecule has 0 N–H and O–H groups in total. The molecule has 5 heteroatoms. The molecule has 1 aliphatic rings. The zero-order chi connectivity index (χ0) is 18.2. The monoisotopic (exact) mass is 375 g/mol. The van der Waals surface area contributed by atoms with E-state index >= 15 is 0 Å². The molecule has 0 bridgehead atoms. The molecule has 1 unspecified atom stereocenters. The predicted octanol–water partition coefficient (Wildman–Crippen LogP) is 5.12. The number of thiazole rings is 1. The highest BCUT2D eigenvalue weighted by Gasteiger charge is 2.29. The minimum absolute atomic E-state index is 0.256. The fourth-order valence-corrected chi connectivity index (χ4v) is 4.64. The first-order valence-corrected chi connectivity index (χ1v) is 10.1. The standard InChI is InChI=1S/C22H21N3OS/c1-16-9-10-20(26-16)22-23-18(15-27-22)14-25-13-12-24-11-5-8-19(24)21(25)17-6-3-2-4-7-17/h2-11,15,21H,12-14H2,1H3. The van der Waals surface area contributed by atoms with E-state index in [0.717, 1.165) is 41.9 Å². The molecule has 0 aliphatic carbocycles. The average Bonchev–Trinajstić information content (AvgIpc) is 3.43. The molecule has 1 atom stereocenters. The minimum Gasteiger partial charge on any atom is -0.459 e. The molecule has 4 aromatic rings. The van der Waals surface area contributed by atoms with Gasteiger partial charge < -0.3 is 8.98 Å². The number of benzene rings is 1. The molecule has 5 rings (SSSR count). The Labute approximate surface area is 162 Å². The molecule has 0 saturated heterocycles. The van der Waals surface area contributed by atoms with E-state index in [9.17, 15) is 0 Å². The van der Waals surface area contributed by atoms with Gasteiger partial charge in [0.1, 0.15) is 5.76 Å². The van der Waals surface area contributed by atoms with Crippen molar-refractivity contribution in [2.24, 2.45) is 0 Å². The molecule has 3 aromatic heterocycles. The maximum absolute atomic E-state index is 5.73. The molecule has 0 fully saturated rings. The van der Waals surface area contributed by atoms with Gasteiger partial charge in [0.25, 0.3) is 0 Å². The summed E-state index contributed by atoms with van der Waals surface area (Å²) < 4.78 is 8.10. The highest BCUT2D eigenvalue weighted by atomic mass is 32.1. The Morgan fingerprint density at radius 2 is 1.96 bits per heavy atom. The van der Waals surface area contributed by atoms with Crippen LogP contribution in [0.15, 0.2) is 70.6 Å². The van der Waals surface area contributed by atoms with E-state index in [1.807, 2.05) is 19.1 Å². The van der Waals surface area contributed by atoms with E-state index in [-0.39, 0.29) is 6.04 Å². The summed E-state index contributed by atoms with van der Waals surface area (Å²) in [5.74, 6) is 1.78. The Morgan fingerprint density at radius 1 is 1.07 bits per heavy atom. The zero-order valence-electron chi connectivity index (χ0n) is 15.2. The Balaban J connectivity index is 1.45. The molecule has 1 aromatic carbocycles. The summed E-state index contributed by atoms with van der Waals surface area (Å²) >= 11 is 1.65. The minimum atomic E-state index is 0.256. The smallest absolute Gasteiger partial charge is 0.162 e. The normalized spacial score (nSPS) is 17.1. The molecule has 27 heavy (non-hydrogen) atoms. The van der Waals surface area contributed by atoms with Crippen molar-refractivity contribution in [3.8, 4) is 10.8 Å². The largest absolute Gasteiger partial charge is 0.459 e. The third-order valence-electron chi connectivity index (χ3n) is 5.12.